The predicted molar refractivity (Wildman–Crippen MR) is 129 cm³/mol. The number of carboxylic acids is 2. The van der Waals surface area contributed by atoms with E-state index in [1.165, 1.54) is 24.0 Å². The van der Waals surface area contributed by atoms with Crippen LogP contribution in [0.5, 0.6) is 5.75 Å². The number of carboxylic acid groups (broad SMARTS) is 2. The van der Waals surface area contributed by atoms with E-state index in [2.05, 4.69) is 47.0 Å². The quantitative estimate of drug-likeness (QED) is 0.614. The highest BCUT2D eigenvalue weighted by atomic mass is 16.5. The highest BCUT2D eigenvalue weighted by Crippen LogP contribution is 2.41. The summed E-state index contributed by atoms with van der Waals surface area (Å²) in [6.07, 6.45) is 7.87. The van der Waals surface area contributed by atoms with Gasteiger partial charge in [0.25, 0.3) is 11.9 Å². The van der Waals surface area contributed by atoms with Gasteiger partial charge >= 0.3 is 0 Å². The summed E-state index contributed by atoms with van der Waals surface area (Å²) in [7, 11) is 1.72. The molecular formula is C25H37N3O6. The average molecular weight is 476 g/mol. The Bertz CT molecular complexity index is 946. The minimum absolute atomic E-state index is 0.278. The van der Waals surface area contributed by atoms with Crippen LogP contribution in [0.25, 0.3) is 11.4 Å². The summed E-state index contributed by atoms with van der Waals surface area (Å²) in [5, 5.41) is 18.3. The molecule has 0 amide bonds. The topological polar surface area (TPSA) is 123 Å². The SMILES string of the molecule is CC(=O)O.CC(=O)O.COc1cc(C)c(-c2nccn2CC2CC3(CCNCC3)CO2)cc1C. The molecule has 1 aromatic heterocycles. The van der Waals surface area contributed by atoms with Crippen molar-refractivity contribution in [2.75, 3.05) is 26.8 Å². The van der Waals surface area contributed by atoms with Gasteiger partial charge in [-0.1, -0.05) is 0 Å². The third-order valence-corrected chi connectivity index (χ3v) is 6.05. The number of carbonyl (C=O) groups is 2. The molecule has 188 valence electrons. The lowest BCUT2D eigenvalue weighted by Crippen LogP contribution is -2.37. The highest BCUT2D eigenvalue weighted by Gasteiger charge is 2.41. The lowest BCUT2D eigenvalue weighted by Gasteiger charge is -2.32. The van der Waals surface area contributed by atoms with Crippen LogP contribution < -0.4 is 10.1 Å². The molecule has 9 nitrogen and oxygen atoms in total. The molecular weight excluding hydrogens is 438 g/mol. The zero-order chi connectivity index (χ0) is 25.3. The maximum atomic E-state index is 9.00. The lowest BCUT2D eigenvalue weighted by molar-refractivity contribution is -0.135. The van der Waals surface area contributed by atoms with Gasteiger partial charge in [-0.05, 0) is 74.9 Å². The Morgan fingerprint density at radius 2 is 1.79 bits per heavy atom. The fourth-order valence-corrected chi connectivity index (χ4v) is 4.49. The van der Waals surface area contributed by atoms with Crippen LogP contribution in [-0.2, 0) is 20.9 Å². The standard InChI is InChI=1S/C21H29N3O2.2C2H4O2/c1-15-11-19(25-3)16(2)10-18(15)20-23-8-9-24(20)13-17-12-21(14-26-17)4-6-22-7-5-21;2*1-2(3)4/h8-11,17,22H,4-7,12-14H2,1-3H3;2*1H3,(H,3,4). The van der Waals surface area contributed by atoms with E-state index < -0.39 is 11.9 Å². The van der Waals surface area contributed by atoms with E-state index >= 15 is 0 Å². The summed E-state index contributed by atoms with van der Waals surface area (Å²) in [6.45, 7) is 10.4. The van der Waals surface area contributed by atoms with E-state index in [9.17, 15) is 0 Å². The summed E-state index contributed by atoms with van der Waals surface area (Å²) >= 11 is 0. The van der Waals surface area contributed by atoms with E-state index in [-0.39, 0.29) is 6.10 Å². The Labute approximate surface area is 201 Å². The van der Waals surface area contributed by atoms with Crippen LogP contribution in [0.4, 0.5) is 0 Å². The molecule has 1 atom stereocenters. The van der Waals surface area contributed by atoms with Crippen molar-refractivity contribution in [1.82, 2.24) is 14.9 Å². The van der Waals surface area contributed by atoms with E-state index in [1.54, 1.807) is 7.11 Å². The van der Waals surface area contributed by atoms with E-state index in [0.717, 1.165) is 63.6 Å². The number of methoxy groups -OCH3 is 1. The molecule has 0 saturated carbocycles. The second kappa shape index (κ2) is 12.5. The molecule has 2 aromatic rings. The van der Waals surface area contributed by atoms with Crippen molar-refractivity contribution in [3.05, 3.63) is 35.7 Å². The summed E-state index contributed by atoms with van der Waals surface area (Å²) in [5.41, 5.74) is 3.88. The molecule has 2 fully saturated rings. The van der Waals surface area contributed by atoms with Gasteiger partial charge in [0.1, 0.15) is 11.6 Å². The monoisotopic (exact) mass is 475 g/mol. The number of nitrogens with one attached hydrogen (secondary N) is 1. The van der Waals surface area contributed by atoms with Crippen LogP contribution >= 0.6 is 0 Å². The van der Waals surface area contributed by atoms with Gasteiger partial charge in [0.05, 0.1) is 26.4 Å². The summed E-state index contributed by atoms with van der Waals surface area (Å²) < 4.78 is 13.9. The normalized spacial score (nSPS) is 18.3. The molecule has 4 rings (SSSR count). The van der Waals surface area contributed by atoms with Gasteiger partial charge in [0.15, 0.2) is 0 Å². The van der Waals surface area contributed by atoms with Crippen molar-refractivity contribution in [3.8, 4) is 17.1 Å². The van der Waals surface area contributed by atoms with E-state index in [4.69, 9.17) is 29.3 Å². The molecule has 2 aliphatic rings. The van der Waals surface area contributed by atoms with Crippen molar-refractivity contribution in [2.24, 2.45) is 5.41 Å². The van der Waals surface area contributed by atoms with Crippen LogP contribution in [0.3, 0.4) is 0 Å². The van der Waals surface area contributed by atoms with Crippen molar-refractivity contribution in [2.45, 2.75) is 59.6 Å². The van der Waals surface area contributed by atoms with Gasteiger partial charge in [-0.15, -0.1) is 0 Å². The number of aromatic nitrogens is 2. The minimum atomic E-state index is -0.833. The number of piperidine rings is 1. The Kier molecular flexibility index (Phi) is 10.1. The molecule has 2 aliphatic heterocycles. The molecule has 34 heavy (non-hydrogen) atoms. The van der Waals surface area contributed by atoms with Gasteiger partial charge in [-0.2, -0.15) is 0 Å². The van der Waals surface area contributed by atoms with E-state index in [0.29, 0.717) is 5.41 Å². The average Bonchev–Trinajstić information content (AvgIpc) is 3.36. The summed E-state index contributed by atoms with van der Waals surface area (Å²) in [4.78, 5) is 22.6. The first kappa shape index (κ1) is 27.3. The fourth-order valence-electron chi connectivity index (χ4n) is 4.49. The second-order valence-electron chi connectivity index (χ2n) is 8.97. The zero-order valence-electron chi connectivity index (χ0n) is 20.8. The number of aryl methyl sites for hydroxylation is 2. The molecule has 9 heteroatoms. The van der Waals surface area contributed by atoms with Crippen LogP contribution in [0, 0.1) is 19.3 Å². The lowest BCUT2D eigenvalue weighted by atomic mass is 9.77. The minimum Gasteiger partial charge on any atom is -0.496 e. The number of hydrogen-bond acceptors (Lipinski definition) is 6. The number of benzene rings is 1. The summed E-state index contributed by atoms with van der Waals surface area (Å²) in [5.74, 6) is 0.277. The molecule has 3 heterocycles. The first-order chi connectivity index (χ1) is 16.1. The first-order valence-corrected chi connectivity index (χ1v) is 11.4. The number of imidazole rings is 1. The number of aliphatic carboxylic acids is 2. The molecule has 0 aliphatic carbocycles. The van der Waals surface area contributed by atoms with Gasteiger partial charge in [-0.3, -0.25) is 9.59 Å². The van der Waals surface area contributed by atoms with Gasteiger partial charge in [-0.25, -0.2) is 4.98 Å². The van der Waals surface area contributed by atoms with E-state index in [1.807, 2.05) is 6.20 Å². The van der Waals surface area contributed by atoms with Crippen LogP contribution in [-0.4, -0.2) is 64.6 Å². The predicted octanol–water partition coefficient (Wildman–Crippen LogP) is 3.52. The third-order valence-electron chi connectivity index (χ3n) is 6.05. The van der Waals surface area contributed by atoms with Gasteiger partial charge in [0.2, 0.25) is 0 Å². The van der Waals surface area contributed by atoms with Crippen LogP contribution in [0.1, 0.15) is 44.2 Å². The molecule has 1 unspecified atom stereocenters. The van der Waals surface area contributed by atoms with Crippen LogP contribution in [0.2, 0.25) is 0 Å². The smallest absolute Gasteiger partial charge is 0.300 e. The largest absolute Gasteiger partial charge is 0.496 e. The fraction of sp³-hybridized carbons (Fsp3) is 0.560. The molecule has 2 saturated heterocycles. The van der Waals surface area contributed by atoms with Crippen molar-refractivity contribution in [3.63, 3.8) is 0 Å². The third kappa shape index (κ3) is 7.85. The molecule has 3 N–H and O–H groups in total. The molecule has 0 radical (unpaired) electrons. The molecule has 1 spiro atoms. The zero-order valence-corrected chi connectivity index (χ0v) is 20.8. The Hall–Kier alpha value is -2.91. The van der Waals surface area contributed by atoms with Crippen molar-refractivity contribution >= 4 is 11.9 Å². The number of rotatable bonds is 4. The van der Waals surface area contributed by atoms with Gasteiger partial charge in [0, 0.05) is 31.8 Å². The molecule has 0 bridgehead atoms. The Morgan fingerprint density at radius 1 is 1.18 bits per heavy atom. The number of nitrogens with zero attached hydrogens (tertiary/aromatic N) is 2. The second-order valence-corrected chi connectivity index (χ2v) is 8.97. The number of ether oxygens (including phenoxy) is 2. The van der Waals surface area contributed by atoms with Gasteiger partial charge < -0.3 is 29.6 Å². The molecule has 1 aromatic carbocycles. The first-order valence-electron chi connectivity index (χ1n) is 11.4. The summed E-state index contributed by atoms with van der Waals surface area (Å²) in [6, 6.07) is 4.27. The van der Waals surface area contributed by atoms with Crippen LogP contribution in [0.15, 0.2) is 24.5 Å². The maximum Gasteiger partial charge on any atom is 0.300 e. The number of hydrogen-bond donors (Lipinski definition) is 3. The Morgan fingerprint density at radius 3 is 2.38 bits per heavy atom. The highest BCUT2D eigenvalue weighted by molar-refractivity contribution is 5.64. The maximum absolute atomic E-state index is 9.00. The Balaban J connectivity index is 0.000000446. The van der Waals surface area contributed by atoms with Crippen molar-refractivity contribution in [1.29, 1.82) is 0 Å². The van der Waals surface area contributed by atoms with Crippen molar-refractivity contribution < 1.29 is 29.3 Å².